The van der Waals surface area contributed by atoms with E-state index in [1.807, 2.05) is 23.1 Å². The summed E-state index contributed by atoms with van der Waals surface area (Å²) in [6.45, 7) is 1.46. The van der Waals surface area contributed by atoms with Crippen LogP contribution in [0.15, 0.2) is 35.0 Å². The minimum Gasteiger partial charge on any atom is -0.351 e. The zero-order valence-electron chi connectivity index (χ0n) is 17.5. The third-order valence-corrected chi connectivity index (χ3v) is 6.56. The molecule has 2 amide bonds. The summed E-state index contributed by atoms with van der Waals surface area (Å²) in [5.41, 5.74) is 2.25. The van der Waals surface area contributed by atoms with Crippen LogP contribution in [-0.2, 0) is 4.79 Å². The summed E-state index contributed by atoms with van der Waals surface area (Å²) >= 11 is 0. The van der Waals surface area contributed by atoms with Gasteiger partial charge in [0.2, 0.25) is 11.7 Å². The van der Waals surface area contributed by atoms with E-state index in [-0.39, 0.29) is 23.5 Å². The van der Waals surface area contributed by atoms with Crippen LogP contribution in [0.2, 0.25) is 0 Å². The number of nitrogens with zero attached hydrogens (tertiary/aromatic N) is 3. The van der Waals surface area contributed by atoms with Gasteiger partial charge in [0.15, 0.2) is 0 Å². The molecular formula is C23H27N5O3. The molecular weight excluding hydrogens is 394 g/mol. The maximum Gasteiger partial charge on any atom is 0.294 e. The number of carbonyl (C=O) groups excluding carboxylic acids is 2. The number of fused-ring (bicyclic) bond motifs is 1. The predicted molar refractivity (Wildman–Crippen MR) is 116 cm³/mol. The Hall–Kier alpha value is -3.16. The van der Waals surface area contributed by atoms with E-state index >= 15 is 0 Å². The van der Waals surface area contributed by atoms with Gasteiger partial charge in [0.05, 0.1) is 17.4 Å². The number of amides is 2. The van der Waals surface area contributed by atoms with Crippen LogP contribution in [0, 0.1) is 5.92 Å². The zero-order valence-corrected chi connectivity index (χ0v) is 17.5. The lowest BCUT2D eigenvalue weighted by atomic mass is 9.87. The van der Waals surface area contributed by atoms with Gasteiger partial charge in [-0.1, -0.05) is 24.4 Å². The Kier molecular flexibility index (Phi) is 5.44. The number of rotatable bonds is 4. The molecule has 8 nitrogen and oxygen atoms in total. The largest absolute Gasteiger partial charge is 0.351 e. The van der Waals surface area contributed by atoms with Crippen LogP contribution >= 0.6 is 0 Å². The first-order valence-electron chi connectivity index (χ1n) is 11.2. The van der Waals surface area contributed by atoms with Gasteiger partial charge in [-0.15, -0.1) is 0 Å². The van der Waals surface area contributed by atoms with Crippen LogP contribution in [0.5, 0.6) is 0 Å². The van der Waals surface area contributed by atoms with E-state index in [1.54, 1.807) is 12.3 Å². The van der Waals surface area contributed by atoms with Crippen molar-refractivity contribution in [3.05, 3.63) is 41.9 Å². The quantitative estimate of drug-likeness (QED) is 0.660. The average Bonchev–Trinajstić information content (AvgIpc) is 3.49. The van der Waals surface area contributed by atoms with Crippen molar-refractivity contribution in [3.63, 3.8) is 0 Å². The number of nitrogens with one attached hydrogen (secondary N) is 2. The Morgan fingerprint density at radius 1 is 1.10 bits per heavy atom. The van der Waals surface area contributed by atoms with Crippen molar-refractivity contribution in [2.24, 2.45) is 5.92 Å². The number of likely N-dealkylation sites (tertiary alicyclic amines) is 1. The second-order valence-corrected chi connectivity index (χ2v) is 8.70. The second kappa shape index (κ2) is 8.53. The third kappa shape index (κ3) is 4.19. The Bertz CT molecular complexity index is 1080. The Morgan fingerprint density at radius 3 is 2.84 bits per heavy atom. The Morgan fingerprint density at radius 2 is 1.97 bits per heavy atom. The molecule has 2 N–H and O–H groups in total. The molecule has 1 aliphatic heterocycles. The highest BCUT2D eigenvalue weighted by Crippen LogP contribution is 2.31. The Labute approximate surface area is 180 Å². The molecule has 8 heteroatoms. The number of benzene rings is 1. The first-order chi connectivity index (χ1) is 15.2. The molecule has 1 saturated heterocycles. The predicted octanol–water partition coefficient (Wildman–Crippen LogP) is 4.09. The lowest BCUT2D eigenvalue weighted by Gasteiger charge is -2.35. The molecule has 2 aromatic heterocycles. The van der Waals surface area contributed by atoms with Gasteiger partial charge >= 0.3 is 0 Å². The van der Waals surface area contributed by atoms with E-state index < -0.39 is 0 Å². The molecule has 2 aliphatic rings. The van der Waals surface area contributed by atoms with Crippen LogP contribution in [0.3, 0.4) is 0 Å². The monoisotopic (exact) mass is 421 g/mol. The summed E-state index contributed by atoms with van der Waals surface area (Å²) in [5.74, 6) is 0.408. The number of aromatic amines is 1. The van der Waals surface area contributed by atoms with E-state index in [9.17, 15) is 9.59 Å². The van der Waals surface area contributed by atoms with Crippen molar-refractivity contribution in [1.29, 1.82) is 0 Å². The van der Waals surface area contributed by atoms with Gasteiger partial charge in [-0.3, -0.25) is 14.7 Å². The van der Waals surface area contributed by atoms with Gasteiger partial charge in [0.1, 0.15) is 0 Å². The molecule has 162 valence electrons. The van der Waals surface area contributed by atoms with E-state index in [4.69, 9.17) is 4.52 Å². The normalized spacial score (nSPS) is 20.1. The topological polar surface area (TPSA) is 104 Å². The minimum atomic E-state index is -0.344. The first kappa shape index (κ1) is 19.8. The van der Waals surface area contributed by atoms with Crippen LogP contribution in [-0.4, -0.2) is 45.2 Å². The van der Waals surface area contributed by atoms with E-state index in [1.165, 1.54) is 6.42 Å². The summed E-state index contributed by atoms with van der Waals surface area (Å²) in [4.78, 5) is 27.6. The number of aromatic nitrogens is 3. The highest BCUT2D eigenvalue weighted by Gasteiger charge is 2.31. The van der Waals surface area contributed by atoms with E-state index in [0.29, 0.717) is 18.1 Å². The van der Waals surface area contributed by atoms with Gasteiger partial charge in [-0.2, -0.15) is 5.10 Å². The van der Waals surface area contributed by atoms with Crippen molar-refractivity contribution in [3.8, 4) is 0 Å². The fraction of sp³-hybridized carbons (Fsp3) is 0.478. The minimum absolute atomic E-state index is 0.105. The number of carbonyl (C=O) groups is 2. The molecule has 1 aliphatic carbocycles. The van der Waals surface area contributed by atoms with Gasteiger partial charge < -0.3 is 14.7 Å². The lowest BCUT2D eigenvalue weighted by Crippen LogP contribution is -2.42. The summed E-state index contributed by atoms with van der Waals surface area (Å²) in [6.07, 6.45) is 9.20. The molecule has 5 rings (SSSR count). The SMILES string of the molecule is O=C(Nc1ccc2cn[nH]c2c1)c1cc([C@@H]2CCCN(C(=O)C3CCCCC3)C2)no1. The second-order valence-electron chi connectivity index (χ2n) is 8.70. The van der Waals surface area contributed by atoms with E-state index in [0.717, 1.165) is 61.7 Å². The van der Waals surface area contributed by atoms with Gasteiger partial charge in [0, 0.05) is 42.1 Å². The number of hydrogen-bond donors (Lipinski definition) is 2. The van der Waals surface area contributed by atoms with Gasteiger partial charge in [-0.25, -0.2) is 0 Å². The molecule has 1 atom stereocenters. The van der Waals surface area contributed by atoms with Gasteiger partial charge in [-0.05, 0) is 43.9 Å². The maximum absolute atomic E-state index is 12.9. The summed E-state index contributed by atoms with van der Waals surface area (Å²) in [7, 11) is 0. The Balaban J connectivity index is 1.23. The summed E-state index contributed by atoms with van der Waals surface area (Å²) < 4.78 is 5.35. The van der Waals surface area contributed by atoms with Crippen LogP contribution in [0.1, 0.15) is 67.1 Å². The molecule has 2 fully saturated rings. The van der Waals surface area contributed by atoms with Crippen molar-refractivity contribution in [2.45, 2.75) is 50.9 Å². The molecule has 3 heterocycles. The molecule has 31 heavy (non-hydrogen) atoms. The highest BCUT2D eigenvalue weighted by atomic mass is 16.5. The number of H-pyrrole nitrogens is 1. The fourth-order valence-electron chi connectivity index (χ4n) is 4.82. The molecule has 0 unspecified atom stereocenters. The van der Waals surface area contributed by atoms with Crippen molar-refractivity contribution < 1.29 is 14.1 Å². The van der Waals surface area contributed by atoms with Crippen molar-refractivity contribution >= 4 is 28.4 Å². The highest BCUT2D eigenvalue weighted by molar-refractivity contribution is 6.03. The first-order valence-corrected chi connectivity index (χ1v) is 11.2. The molecule has 1 saturated carbocycles. The smallest absolute Gasteiger partial charge is 0.294 e. The molecule has 1 aromatic carbocycles. The van der Waals surface area contributed by atoms with Crippen molar-refractivity contribution in [2.75, 3.05) is 18.4 Å². The van der Waals surface area contributed by atoms with E-state index in [2.05, 4.69) is 20.7 Å². The molecule has 0 spiro atoms. The number of anilines is 1. The van der Waals surface area contributed by atoms with Crippen molar-refractivity contribution in [1.82, 2.24) is 20.3 Å². The number of piperidine rings is 1. The van der Waals surface area contributed by atoms with Crippen LogP contribution in [0.4, 0.5) is 5.69 Å². The van der Waals surface area contributed by atoms with Crippen LogP contribution in [0.25, 0.3) is 10.9 Å². The zero-order chi connectivity index (χ0) is 21.2. The molecule has 3 aromatic rings. The lowest BCUT2D eigenvalue weighted by molar-refractivity contribution is -0.137. The summed E-state index contributed by atoms with van der Waals surface area (Å²) in [6, 6.07) is 7.25. The van der Waals surface area contributed by atoms with Gasteiger partial charge in [0.25, 0.3) is 5.91 Å². The number of hydrogen-bond acceptors (Lipinski definition) is 5. The fourth-order valence-corrected chi connectivity index (χ4v) is 4.82. The average molecular weight is 422 g/mol. The molecule has 0 bridgehead atoms. The molecule has 0 radical (unpaired) electrons. The standard InChI is InChI=1S/C23H27N5O3/c29-22(25-18-9-8-16-13-24-26-19(16)11-18)21-12-20(27-31-21)17-7-4-10-28(14-17)23(30)15-5-2-1-3-6-15/h8-9,11-13,15,17H,1-7,10,14H2,(H,24,26)(H,25,29)/t17-/m1/s1. The maximum atomic E-state index is 12.9. The summed E-state index contributed by atoms with van der Waals surface area (Å²) in [5, 5.41) is 14.9. The third-order valence-electron chi connectivity index (χ3n) is 6.56. The van der Waals surface area contributed by atoms with Crippen LogP contribution < -0.4 is 5.32 Å².